The van der Waals surface area contributed by atoms with Crippen LogP contribution in [-0.2, 0) is 0 Å². The summed E-state index contributed by atoms with van der Waals surface area (Å²) in [4.78, 5) is 10.2. The molecule has 0 rings (SSSR count). The van der Waals surface area contributed by atoms with Crippen molar-refractivity contribution in [2.75, 3.05) is 0 Å². The molecule has 2 amide bonds. The molecule has 0 spiro atoms. The fourth-order valence-corrected chi connectivity index (χ4v) is 0.681. The lowest BCUT2D eigenvalue weighted by molar-refractivity contribution is 0.253. The number of guanidine groups is 1. The highest BCUT2D eigenvalue weighted by atomic mass is 32.2. The van der Waals surface area contributed by atoms with Crippen molar-refractivity contribution in [3.05, 3.63) is 0 Å². The zero-order chi connectivity index (χ0) is 8.85. The Morgan fingerprint density at radius 2 is 2.09 bits per heavy atom. The number of urea groups is 1. The van der Waals surface area contributed by atoms with E-state index in [1.54, 1.807) is 0 Å². The highest BCUT2D eigenvalue weighted by Gasteiger charge is 1.96. The van der Waals surface area contributed by atoms with E-state index in [0.29, 0.717) is 5.25 Å². The Morgan fingerprint density at radius 1 is 1.55 bits per heavy atom. The number of hydrogen-bond acceptors (Lipinski definition) is 3. The van der Waals surface area contributed by atoms with Crippen molar-refractivity contribution in [1.82, 2.24) is 5.32 Å². The van der Waals surface area contributed by atoms with E-state index in [9.17, 15) is 4.79 Å². The summed E-state index contributed by atoms with van der Waals surface area (Å²) in [6.07, 6.45) is 0. The summed E-state index contributed by atoms with van der Waals surface area (Å²) in [7, 11) is 0. The number of rotatable bonds is 2. The molecule has 0 radical (unpaired) electrons. The molecule has 64 valence electrons. The van der Waals surface area contributed by atoms with Crippen molar-refractivity contribution < 1.29 is 4.79 Å². The van der Waals surface area contributed by atoms with Crippen LogP contribution in [-0.4, -0.2) is 17.2 Å². The summed E-state index contributed by atoms with van der Waals surface area (Å²) in [6, 6.07) is -0.699. The first kappa shape index (κ1) is 10.1. The predicted octanol–water partition coefficient (Wildman–Crippen LogP) is 0.0260. The third kappa shape index (κ3) is 6.98. The summed E-state index contributed by atoms with van der Waals surface area (Å²) in [5.74, 6) is 0.0381. The number of nitrogens with zero attached hydrogens (tertiary/aromatic N) is 1. The quantitative estimate of drug-likeness (QED) is 0.314. The fraction of sp³-hybridized carbons (Fsp3) is 0.600. The summed E-state index contributed by atoms with van der Waals surface area (Å²) >= 11 is 1.27. The van der Waals surface area contributed by atoms with Crippen LogP contribution in [0, 0.1) is 0 Å². The van der Waals surface area contributed by atoms with Crippen LogP contribution in [0.4, 0.5) is 4.79 Å². The van der Waals surface area contributed by atoms with Crippen LogP contribution in [0.1, 0.15) is 13.8 Å². The lowest BCUT2D eigenvalue weighted by Gasteiger charge is -2.00. The Labute approximate surface area is 69.7 Å². The number of amides is 2. The fourth-order valence-electron chi connectivity index (χ4n) is 0.311. The van der Waals surface area contributed by atoms with Gasteiger partial charge < -0.3 is 11.5 Å². The monoisotopic (exact) mass is 176 g/mol. The Kier molecular flexibility index (Phi) is 4.44. The molecule has 11 heavy (non-hydrogen) atoms. The molecule has 0 aromatic rings. The minimum atomic E-state index is -0.699. The third-order valence-corrected chi connectivity index (χ3v) is 1.34. The van der Waals surface area contributed by atoms with Crippen molar-refractivity contribution in [1.29, 1.82) is 0 Å². The Balaban J connectivity index is 3.72. The first-order valence-electron chi connectivity index (χ1n) is 3.08. The highest BCUT2D eigenvalue weighted by molar-refractivity contribution is 7.98. The van der Waals surface area contributed by atoms with Gasteiger partial charge in [-0.3, -0.25) is 5.32 Å². The van der Waals surface area contributed by atoms with Gasteiger partial charge in [0, 0.05) is 5.25 Å². The van der Waals surface area contributed by atoms with E-state index in [2.05, 4.69) is 9.71 Å². The Bertz CT molecular complexity index is 168. The molecular weight excluding hydrogens is 164 g/mol. The van der Waals surface area contributed by atoms with Crippen molar-refractivity contribution in [2.45, 2.75) is 19.1 Å². The largest absolute Gasteiger partial charge is 0.369 e. The number of nitrogens with one attached hydrogen (secondary N) is 1. The van der Waals surface area contributed by atoms with E-state index in [1.807, 2.05) is 13.8 Å². The van der Waals surface area contributed by atoms with Gasteiger partial charge in [-0.25, -0.2) is 4.79 Å². The van der Waals surface area contributed by atoms with Crippen LogP contribution in [0.2, 0.25) is 0 Å². The average Bonchev–Trinajstić information content (AvgIpc) is 1.82. The molecule has 0 aromatic heterocycles. The molecule has 0 heterocycles. The Hall–Kier alpha value is -0.910. The number of nitrogens with two attached hydrogens (primary N) is 2. The minimum Gasteiger partial charge on any atom is -0.369 e. The number of carbonyl (C=O) groups excluding carboxylic acids is 1. The standard InChI is InChI=1S/C5H12N4OS/c1-3(2)11-9-4(6)8-5(7)10/h3H,1-2H3,(H5,6,7,8,9,10). The number of hydrogen-bond donors (Lipinski definition) is 3. The summed E-state index contributed by atoms with van der Waals surface area (Å²) in [5, 5.41) is 2.48. The second kappa shape index (κ2) is 4.84. The molecule has 0 saturated heterocycles. The summed E-state index contributed by atoms with van der Waals surface area (Å²) < 4.78 is 3.76. The van der Waals surface area contributed by atoms with E-state index in [1.165, 1.54) is 11.9 Å². The van der Waals surface area contributed by atoms with Crippen LogP contribution in [0.3, 0.4) is 0 Å². The van der Waals surface area contributed by atoms with Gasteiger partial charge in [-0.2, -0.15) is 4.40 Å². The lowest BCUT2D eigenvalue weighted by atomic mass is 10.6. The van der Waals surface area contributed by atoms with Crippen molar-refractivity contribution in [3.63, 3.8) is 0 Å². The molecule has 0 unspecified atom stereocenters. The van der Waals surface area contributed by atoms with Crippen LogP contribution in [0.15, 0.2) is 4.40 Å². The van der Waals surface area contributed by atoms with E-state index in [0.717, 1.165) is 0 Å². The van der Waals surface area contributed by atoms with Gasteiger partial charge >= 0.3 is 6.03 Å². The molecule has 6 heteroatoms. The molecule has 0 aromatic carbocycles. The van der Waals surface area contributed by atoms with Gasteiger partial charge in [0.25, 0.3) is 0 Å². The topological polar surface area (TPSA) is 93.5 Å². The van der Waals surface area contributed by atoms with E-state index in [4.69, 9.17) is 11.5 Å². The molecule has 0 bridgehead atoms. The molecule has 0 saturated carbocycles. The van der Waals surface area contributed by atoms with Crippen LogP contribution in [0.25, 0.3) is 0 Å². The second-order valence-electron chi connectivity index (χ2n) is 2.12. The molecular formula is C5H12N4OS. The van der Waals surface area contributed by atoms with Gasteiger partial charge in [-0.05, 0) is 11.9 Å². The molecule has 0 aliphatic carbocycles. The van der Waals surface area contributed by atoms with Crippen molar-refractivity contribution >= 4 is 23.9 Å². The maximum Gasteiger partial charge on any atom is 0.318 e. The Morgan fingerprint density at radius 3 is 2.45 bits per heavy atom. The zero-order valence-corrected chi connectivity index (χ0v) is 7.31. The van der Waals surface area contributed by atoms with Crippen molar-refractivity contribution in [2.24, 2.45) is 15.9 Å². The molecule has 0 aliphatic rings. The average molecular weight is 176 g/mol. The van der Waals surface area contributed by atoms with Gasteiger partial charge in [-0.15, -0.1) is 0 Å². The normalized spacial score (nSPS) is 11.7. The molecule has 5 N–H and O–H groups in total. The maximum absolute atomic E-state index is 10.2. The van der Waals surface area contributed by atoms with Gasteiger partial charge in [0.2, 0.25) is 5.96 Å². The molecule has 0 atom stereocenters. The van der Waals surface area contributed by atoms with Gasteiger partial charge in [0.1, 0.15) is 0 Å². The summed E-state index contributed by atoms with van der Waals surface area (Å²) in [6.45, 7) is 3.93. The van der Waals surface area contributed by atoms with Crippen LogP contribution in [0.5, 0.6) is 0 Å². The first-order chi connectivity index (χ1) is 5.02. The minimum absolute atomic E-state index is 0.0381. The zero-order valence-electron chi connectivity index (χ0n) is 6.50. The summed E-state index contributed by atoms with van der Waals surface area (Å²) in [5.41, 5.74) is 10.0. The predicted molar refractivity (Wildman–Crippen MR) is 47.1 cm³/mol. The van der Waals surface area contributed by atoms with Gasteiger partial charge in [-0.1, -0.05) is 13.8 Å². The molecule has 0 fully saturated rings. The van der Waals surface area contributed by atoms with E-state index < -0.39 is 6.03 Å². The van der Waals surface area contributed by atoms with E-state index in [-0.39, 0.29) is 5.96 Å². The smallest absolute Gasteiger partial charge is 0.318 e. The number of primary amides is 1. The van der Waals surface area contributed by atoms with Crippen molar-refractivity contribution in [3.8, 4) is 0 Å². The SMILES string of the molecule is CC(C)SN=C(N)NC(N)=O. The lowest BCUT2D eigenvalue weighted by Crippen LogP contribution is -2.39. The second-order valence-corrected chi connectivity index (χ2v) is 3.46. The third-order valence-electron chi connectivity index (χ3n) is 0.613. The van der Waals surface area contributed by atoms with Gasteiger partial charge in [0.05, 0.1) is 0 Å². The maximum atomic E-state index is 10.2. The molecule has 5 nitrogen and oxygen atoms in total. The van der Waals surface area contributed by atoms with Gasteiger partial charge in [0.15, 0.2) is 0 Å². The highest BCUT2D eigenvalue weighted by Crippen LogP contribution is 2.08. The van der Waals surface area contributed by atoms with Crippen LogP contribution < -0.4 is 16.8 Å². The van der Waals surface area contributed by atoms with E-state index >= 15 is 0 Å². The van der Waals surface area contributed by atoms with Crippen LogP contribution >= 0.6 is 11.9 Å². The number of carbonyl (C=O) groups is 1. The molecule has 0 aliphatic heterocycles. The first-order valence-corrected chi connectivity index (χ1v) is 3.91.